The van der Waals surface area contributed by atoms with Crippen LogP contribution in [0.3, 0.4) is 0 Å². The molecule has 54 valence electrons. The van der Waals surface area contributed by atoms with Crippen LogP contribution in [-0.4, -0.2) is 13.0 Å². The maximum Gasteiger partial charge on any atom is 1.00 e. The van der Waals surface area contributed by atoms with Crippen molar-refractivity contribution in [2.45, 2.75) is 0 Å². The van der Waals surface area contributed by atoms with E-state index in [1.807, 2.05) is 0 Å². The zero-order chi connectivity index (χ0) is 7.65. The minimum atomic E-state index is -4.67. The Morgan fingerprint density at radius 1 is 1.20 bits per heavy atom. The summed E-state index contributed by atoms with van der Waals surface area (Å²) in [6, 6.07) is 0. The molecule has 0 aromatic heterocycles. The third-order valence-corrected chi connectivity index (χ3v) is 2.56. The van der Waals surface area contributed by atoms with Crippen LogP contribution in [0.2, 0.25) is 0 Å². The van der Waals surface area contributed by atoms with Crippen LogP contribution in [0.5, 0.6) is 0 Å². The van der Waals surface area contributed by atoms with Gasteiger partial charge in [-0.1, -0.05) is 34.8 Å². The molecular formula is C2Cl3NaO3S. The minimum Gasteiger partial charge on any atom is -0.743 e. The van der Waals surface area contributed by atoms with Gasteiger partial charge in [0.25, 0.3) is 0 Å². The number of hydrogen-bond acceptors (Lipinski definition) is 3. The van der Waals surface area contributed by atoms with Crippen LogP contribution >= 0.6 is 34.8 Å². The van der Waals surface area contributed by atoms with E-state index in [1.54, 1.807) is 0 Å². The first kappa shape index (κ1) is 14.1. The van der Waals surface area contributed by atoms with Gasteiger partial charge in [0.2, 0.25) is 0 Å². The second kappa shape index (κ2) is 5.22. The molecule has 0 heterocycles. The Bertz CT molecular complexity index is 228. The van der Waals surface area contributed by atoms with Gasteiger partial charge in [-0.25, -0.2) is 8.42 Å². The standard InChI is InChI=1S/C2HCl3O3S.Na/c3-1(4)2(5)9(6,7)8;/h(H,6,7,8);/q;+1/p-1. The summed E-state index contributed by atoms with van der Waals surface area (Å²) >= 11 is 14.5. The molecule has 0 N–H and O–H groups in total. The molecule has 0 aliphatic rings. The fourth-order valence-corrected chi connectivity index (χ4v) is 0.850. The fraction of sp³-hybridized carbons (Fsp3) is 0. The zero-order valence-electron chi connectivity index (χ0n) is 4.77. The quantitative estimate of drug-likeness (QED) is 0.404. The van der Waals surface area contributed by atoms with Crippen molar-refractivity contribution in [3.63, 3.8) is 0 Å². The summed E-state index contributed by atoms with van der Waals surface area (Å²) < 4.78 is 27.8. The second-order valence-electron chi connectivity index (χ2n) is 0.988. The maximum absolute atomic E-state index is 9.86. The molecule has 0 aliphatic heterocycles. The van der Waals surface area contributed by atoms with Gasteiger partial charge in [0.1, 0.15) is 14.6 Å². The summed E-state index contributed by atoms with van der Waals surface area (Å²) in [6.07, 6.45) is 0. The van der Waals surface area contributed by atoms with E-state index in [4.69, 9.17) is 34.8 Å². The monoisotopic (exact) mass is 232 g/mol. The molecule has 0 radical (unpaired) electrons. The molecule has 0 amide bonds. The first-order chi connectivity index (χ1) is 3.85. The van der Waals surface area contributed by atoms with Crippen molar-refractivity contribution in [3.05, 3.63) is 8.86 Å². The fourth-order valence-electron chi connectivity index (χ4n) is 0.0945. The second-order valence-corrected chi connectivity index (χ2v) is 3.86. The van der Waals surface area contributed by atoms with E-state index in [2.05, 4.69) is 0 Å². The first-order valence-corrected chi connectivity index (χ1v) is 4.06. The molecule has 0 saturated heterocycles. The van der Waals surface area contributed by atoms with Crippen LogP contribution in [0.1, 0.15) is 0 Å². The number of hydrogen-bond donors (Lipinski definition) is 0. The van der Waals surface area contributed by atoms with Crippen molar-refractivity contribution in [2.75, 3.05) is 0 Å². The van der Waals surface area contributed by atoms with Crippen molar-refractivity contribution >= 4 is 44.9 Å². The maximum atomic E-state index is 9.86. The van der Waals surface area contributed by atoms with Gasteiger partial charge in [-0.3, -0.25) is 0 Å². The van der Waals surface area contributed by atoms with Gasteiger partial charge in [0, 0.05) is 0 Å². The molecule has 10 heavy (non-hydrogen) atoms. The van der Waals surface area contributed by atoms with Crippen LogP contribution in [0.25, 0.3) is 0 Å². The van der Waals surface area contributed by atoms with Crippen LogP contribution < -0.4 is 29.6 Å². The van der Waals surface area contributed by atoms with E-state index >= 15 is 0 Å². The van der Waals surface area contributed by atoms with E-state index in [0.29, 0.717) is 0 Å². The summed E-state index contributed by atoms with van der Waals surface area (Å²) in [4.78, 5) is 0. The normalized spacial score (nSPS) is 10.0. The molecule has 0 rings (SSSR count). The average molecular weight is 233 g/mol. The smallest absolute Gasteiger partial charge is 0.743 e. The molecule has 0 spiro atoms. The summed E-state index contributed by atoms with van der Waals surface area (Å²) in [5.74, 6) is 0. The summed E-state index contributed by atoms with van der Waals surface area (Å²) in [7, 11) is -4.67. The van der Waals surface area contributed by atoms with E-state index in [9.17, 15) is 13.0 Å². The van der Waals surface area contributed by atoms with Crippen LogP contribution in [-0.2, 0) is 10.1 Å². The molecule has 0 aliphatic carbocycles. The number of halogens is 3. The number of rotatable bonds is 1. The van der Waals surface area contributed by atoms with Crippen molar-refractivity contribution < 1.29 is 42.5 Å². The summed E-state index contributed by atoms with van der Waals surface area (Å²) in [5, 5.41) is 0. The molecule has 0 saturated carbocycles. The SMILES string of the molecule is O=S(=O)([O-])C(Cl)=C(Cl)Cl.[Na+]. The predicted octanol–water partition coefficient (Wildman–Crippen LogP) is -1.62. The Morgan fingerprint density at radius 2 is 1.50 bits per heavy atom. The van der Waals surface area contributed by atoms with Gasteiger partial charge >= 0.3 is 29.6 Å². The Labute approximate surface area is 95.4 Å². The van der Waals surface area contributed by atoms with Gasteiger partial charge in [-0.2, -0.15) is 0 Å². The Balaban J connectivity index is 0. The topological polar surface area (TPSA) is 57.2 Å². The summed E-state index contributed by atoms with van der Waals surface area (Å²) in [6.45, 7) is 0. The van der Waals surface area contributed by atoms with Crippen LogP contribution in [0.15, 0.2) is 8.86 Å². The first-order valence-electron chi connectivity index (χ1n) is 1.52. The molecule has 8 heteroatoms. The molecule has 0 aromatic rings. The molecule has 3 nitrogen and oxygen atoms in total. The minimum absolute atomic E-state index is 0. The third-order valence-electron chi connectivity index (χ3n) is 0.368. The van der Waals surface area contributed by atoms with Gasteiger partial charge in [-0.05, 0) is 0 Å². The third kappa shape index (κ3) is 5.21. The van der Waals surface area contributed by atoms with Crippen LogP contribution in [0, 0.1) is 0 Å². The molecule has 0 bridgehead atoms. The molecule has 0 unspecified atom stereocenters. The predicted molar refractivity (Wildman–Crippen MR) is 34.3 cm³/mol. The van der Waals surface area contributed by atoms with Gasteiger partial charge < -0.3 is 4.55 Å². The van der Waals surface area contributed by atoms with Crippen molar-refractivity contribution in [2.24, 2.45) is 0 Å². The van der Waals surface area contributed by atoms with Crippen molar-refractivity contribution in [1.29, 1.82) is 0 Å². The zero-order valence-corrected chi connectivity index (χ0v) is 9.85. The van der Waals surface area contributed by atoms with Gasteiger partial charge in [0.15, 0.2) is 4.36 Å². The molecular weight excluding hydrogens is 233 g/mol. The van der Waals surface area contributed by atoms with E-state index < -0.39 is 19.0 Å². The van der Waals surface area contributed by atoms with Crippen LogP contribution in [0.4, 0.5) is 0 Å². The Morgan fingerprint density at radius 3 is 1.50 bits per heavy atom. The Hall–Kier alpha value is 1.52. The van der Waals surface area contributed by atoms with E-state index in [0.717, 1.165) is 0 Å². The molecule has 0 fully saturated rings. The van der Waals surface area contributed by atoms with Gasteiger partial charge in [-0.15, -0.1) is 0 Å². The van der Waals surface area contributed by atoms with Crippen molar-refractivity contribution in [3.8, 4) is 0 Å². The Kier molecular flexibility index (Phi) is 7.34. The largest absolute Gasteiger partial charge is 1.00 e. The van der Waals surface area contributed by atoms with Gasteiger partial charge in [0.05, 0.1) is 0 Å². The average Bonchev–Trinajstić information content (AvgIpc) is 1.62. The van der Waals surface area contributed by atoms with Crippen molar-refractivity contribution in [1.82, 2.24) is 0 Å². The van der Waals surface area contributed by atoms with E-state index in [1.165, 1.54) is 0 Å². The van der Waals surface area contributed by atoms with E-state index in [-0.39, 0.29) is 29.6 Å². The molecule has 0 atom stereocenters. The molecule has 0 aromatic carbocycles. The summed E-state index contributed by atoms with van der Waals surface area (Å²) in [5.41, 5.74) is 0.